The molecule has 0 amide bonds. The maximum Gasteiger partial charge on any atom is 0.350 e. The number of nitrogens with zero attached hydrogens (tertiary/aromatic N) is 1. The lowest BCUT2D eigenvalue weighted by Gasteiger charge is -2.14. The van der Waals surface area contributed by atoms with Gasteiger partial charge in [-0.2, -0.15) is 0 Å². The van der Waals surface area contributed by atoms with Crippen molar-refractivity contribution in [2.75, 3.05) is 19.7 Å². The fourth-order valence-electron chi connectivity index (χ4n) is 2.80. The Labute approximate surface area is 176 Å². The molecule has 29 heavy (non-hydrogen) atoms. The predicted octanol–water partition coefficient (Wildman–Crippen LogP) is 5.10. The summed E-state index contributed by atoms with van der Waals surface area (Å²) in [5.41, 5.74) is 0. The van der Waals surface area contributed by atoms with E-state index in [0.29, 0.717) is 0 Å². The molecule has 0 fully saturated rings. The highest BCUT2D eigenvalue weighted by molar-refractivity contribution is 7.96. The van der Waals surface area contributed by atoms with Crippen molar-refractivity contribution in [2.24, 2.45) is 0 Å². The van der Waals surface area contributed by atoms with E-state index in [-0.39, 0.29) is 16.4 Å². The standard InChI is InChI=1S/C23H35NO4S/c1-4-7-8-9-10-14-20-28-23(25)22(18-15-19-24(5-2)6-3)29(26,27)21-16-12-11-13-17-21/h11-13,15-19H,4-10,14,20H2,1-3H3/b19-15+,22-18+. The molecule has 1 aromatic rings. The van der Waals surface area contributed by atoms with Crippen molar-refractivity contribution >= 4 is 15.8 Å². The van der Waals surface area contributed by atoms with E-state index in [1.54, 1.807) is 30.5 Å². The molecule has 0 aromatic heterocycles. The number of allylic oxidation sites excluding steroid dienone is 2. The monoisotopic (exact) mass is 421 g/mol. The predicted molar refractivity (Wildman–Crippen MR) is 118 cm³/mol. The molecule has 0 heterocycles. The minimum atomic E-state index is -3.95. The lowest BCUT2D eigenvalue weighted by atomic mass is 10.1. The number of hydrogen-bond donors (Lipinski definition) is 0. The van der Waals surface area contributed by atoms with Crippen LogP contribution in [0.4, 0.5) is 0 Å². The summed E-state index contributed by atoms with van der Waals surface area (Å²) < 4.78 is 31.3. The smallest absolute Gasteiger partial charge is 0.350 e. The second kappa shape index (κ2) is 14.0. The van der Waals surface area contributed by atoms with Crippen molar-refractivity contribution in [3.05, 3.63) is 53.6 Å². The van der Waals surface area contributed by atoms with Gasteiger partial charge in [-0.15, -0.1) is 0 Å². The van der Waals surface area contributed by atoms with Crippen LogP contribution >= 0.6 is 0 Å². The molecular weight excluding hydrogens is 386 g/mol. The van der Waals surface area contributed by atoms with Gasteiger partial charge in [-0.3, -0.25) is 0 Å². The van der Waals surface area contributed by atoms with Gasteiger partial charge >= 0.3 is 5.97 Å². The van der Waals surface area contributed by atoms with Gasteiger partial charge in [0.1, 0.15) is 0 Å². The van der Waals surface area contributed by atoms with Gasteiger partial charge in [0.2, 0.25) is 9.84 Å². The van der Waals surface area contributed by atoms with E-state index < -0.39 is 15.8 Å². The Kier molecular flexibility index (Phi) is 12.0. The van der Waals surface area contributed by atoms with Crippen molar-refractivity contribution in [2.45, 2.75) is 64.2 Å². The zero-order chi connectivity index (χ0) is 21.5. The van der Waals surface area contributed by atoms with E-state index in [1.807, 2.05) is 18.7 Å². The average molecular weight is 422 g/mol. The quantitative estimate of drug-likeness (QED) is 0.181. The summed E-state index contributed by atoms with van der Waals surface area (Å²) in [6, 6.07) is 7.98. The average Bonchev–Trinajstić information content (AvgIpc) is 2.73. The van der Waals surface area contributed by atoms with Crippen molar-refractivity contribution in [3.8, 4) is 0 Å². The Hall–Kier alpha value is -2.08. The van der Waals surface area contributed by atoms with E-state index in [2.05, 4.69) is 6.92 Å². The highest BCUT2D eigenvalue weighted by atomic mass is 32.2. The van der Waals surface area contributed by atoms with Crippen LogP contribution in [-0.4, -0.2) is 39.0 Å². The lowest BCUT2D eigenvalue weighted by Crippen LogP contribution is -2.18. The SMILES string of the molecule is CCCCCCCCOC(=O)/C(=C\C=C\N(CC)CC)S(=O)(=O)c1ccccc1. The van der Waals surface area contributed by atoms with E-state index >= 15 is 0 Å². The normalized spacial score (nSPS) is 12.3. The Morgan fingerprint density at radius 2 is 1.59 bits per heavy atom. The zero-order valence-corrected chi connectivity index (χ0v) is 18.8. The second-order valence-corrected chi connectivity index (χ2v) is 8.73. The lowest BCUT2D eigenvalue weighted by molar-refractivity contribution is -0.138. The molecule has 0 aliphatic rings. The van der Waals surface area contributed by atoms with Crippen LogP contribution in [0.1, 0.15) is 59.3 Å². The largest absolute Gasteiger partial charge is 0.462 e. The van der Waals surface area contributed by atoms with Gasteiger partial charge in [0.15, 0.2) is 4.91 Å². The highest BCUT2D eigenvalue weighted by Gasteiger charge is 2.27. The molecule has 0 radical (unpaired) electrons. The van der Waals surface area contributed by atoms with Crippen LogP contribution in [0.25, 0.3) is 0 Å². The van der Waals surface area contributed by atoms with Gasteiger partial charge in [-0.05, 0) is 50.8 Å². The number of esters is 1. The molecule has 6 heteroatoms. The fraction of sp³-hybridized carbons (Fsp3) is 0.522. The van der Waals surface area contributed by atoms with Gasteiger partial charge in [0.05, 0.1) is 11.5 Å². The summed E-state index contributed by atoms with van der Waals surface area (Å²) in [5.74, 6) is -0.799. The summed E-state index contributed by atoms with van der Waals surface area (Å²) in [7, 11) is -3.95. The zero-order valence-electron chi connectivity index (χ0n) is 18.0. The third-order valence-corrected chi connectivity index (χ3v) is 6.41. The van der Waals surface area contributed by atoms with E-state index in [0.717, 1.165) is 32.4 Å². The fourth-order valence-corrected chi connectivity index (χ4v) is 4.10. The van der Waals surface area contributed by atoms with Crippen molar-refractivity contribution in [3.63, 3.8) is 0 Å². The minimum absolute atomic E-state index is 0.0824. The first-order valence-electron chi connectivity index (χ1n) is 10.6. The molecule has 0 atom stereocenters. The van der Waals surface area contributed by atoms with Crippen LogP contribution in [0.15, 0.2) is 58.5 Å². The molecule has 0 unspecified atom stereocenters. The Morgan fingerprint density at radius 3 is 2.21 bits per heavy atom. The number of ether oxygens (including phenoxy) is 1. The second-order valence-electron chi connectivity index (χ2n) is 6.81. The van der Waals surface area contributed by atoms with E-state index in [4.69, 9.17) is 4.74 Å². The number of sulfone groups is 1. The maximum absolute atomic E-state index is 13.0. The van der Waals surface area contributed by atoms with Crippen LogP contribution in [0.2, 0.25) is 0 Å². The van der Waals surface area contributed by atoms with Crippen molar-refractivity contribution in [1.29, 1.82) is 0 Å². The number of carbonyl (C=O) groups is 1. The number of rotatable bonds is 14. The van der Waals surface area contributed by atoms with E-state index in [9.17, 15) is 13.2 Å². The van der Waals surface area contributed by atoms with Crippen molar-refractivity contribution < 1.29 is 17.9 Å². The summed E-state index contributed by atoms with van der Waals surface area (Å²) in [4.78, 5) is 14.3. The van der Waals surface area contributed by atoms with Crippen LogP contribution < -0.4 is 0 Å². The van der Waals surface area contributed by atoms with Crippen LogP contribution in [0.3, 0.4) is 0 Å². The highest BCUT2D eigenvalue weighted by Crippen LogP contribution is 2.20. The molecule has 0 N–H and O–H groups in total. The molecule has 1 aromatic carbocycles. The Morgan fingerprint density at radius 1 is 0.966 bits per heavy atom. The third-order valence-electron chi connectivity index (χ3n) is 4.63. The summed E-state index contributed by atoms with van der Waals surface area (Å²) >= 11 is 0. The van der Waals surface area contributed by atoms with Crippen molar-refractivity contribution in [1.82, 2.24) is 4.90 Å². The van der Waals surface area contributed by atoms with Crippen LogP contribution in [-0.2, 0) is 19.4 Å². The summed E-state index contributed by atoms with van der Waals surface area (Å²) in [6.45, 7) is 8.00. The topological polar surface area (TPSA) is 63.7 Å². The van der Waals surface area contributed by atoms with Gasteiger partial charge in [-0.25, -0.2) is 13.2 Å². The first-order valence-corrected chi connectivity index (χ1v) is 12.0. The Bertz CT molecular complexity index is 750. The van der Waals surface area contributed by atoms with E-state index in [1.165, 1.54) is 37.5 Å². The molecule has 162 valence electrons. The molecule has 0 saturated carbocycles. The van der Waals surface area contributed by atoms with Crippen LogP contribution in [0, 0.1) is 0 Å². The molecule has 0 spiro atoms. The minimum Gasteiger partial charge on any atom is -0.462 e. The molecule has 5 nitrogen and oxygen atoms in total. The third kappa shape index (κ3) is 8.86. The number of hydrogen-bond acceptors (Lipinski definition) is 5. The maximum atomic E-state index is 13.0. The first-order chi connectivity index (χ1) is 14.0. The molecule has 0 bridgehead atoms. The van der Waals surface area contributed by atoms with Gasteiger partial charge < -0.3 is 9.64 Å². The molecular formula is C23H35NO4S. The van der Waals surface area contributed by atoms with Crippen LogP contribution in [0.5, 0.6) is 0 Å². The number of carbonyl (C=O) groups excluding carboxylic acids is 1. The van der Waals surface area contributed by atoms with Gasteiger partial charge in [0.25, 0.3) is 0 Å². The molecule has 1 rings (SSSR count). The first kappa shape index (κ1) is 25.0. The molecule has 0 saturated heterocycles. The summed E-state index contributed by atoms with van der Waals surface area (Å²) in [5, 5.41) is 0. The number of unbranched alkanes of at least 4 members (excludes halogenated alkanes) is 5. The molecule has 0 aliphatic heterocycles. The molecule has 0 aliphatic carbocycles. The number of benzene rings is 1. The van der Waals surface area contributed by atoms with Gasteiger partial charge in [0, 0.05) is 13.1 Å². The Balaban J connectivity index is 2.89. The van der Waals surface area contributed by atoms with Gasteiger partial charge in [-0.1, -0.05) is 57.2 Å². The summed E-state index contributed by atoms with van der Waals surface area (Å²) in [6.07, 6.45) is 11.1.